The Hall–Kier alpha value is -0.610. The Morgan fingerprint density at radius 2 is 1.83 bits per heavy atom. The second kappa shape index (κ2) is 4.49. The van der Waals surface area contributed by atoms with Crippen LogP contribution in [-0.2, 0) is 19.0 Å². The third kappa shape index (κ3) is 1.69. The van der Waals surface area contributed by atoms with Crippen LogP contribution in [0.2, 0.25) is 0 Å². The summed E-state index contributed by atoms with van der Waals surface area (Å²) in [4.78, 5) is 11.8. The highest BCUT2D eigenvalue weighted by molar-refractivity contribution is 5.72. The first-order valence-electron chi connectivity index (χ1n) is 7.07. The van der Waals surface area contributed by atoms with Gasteiger partial charge in [-0.25, -0.2) is 0 Å². The number of rotatable bonds is 1. The van der Waals surface area contributed by atoms with Crippen molar-refractivity contribution in [2.24, 2.45) is 11.3 Å². The first-order chi connectivity index (χ1) is 8.71. The molecule has 1 atom stereocenters. The van der Waals surface area contributed by atoms with Crippen LogP contribution in [-0.4, -0.2) is 32.1 Å². The molecule has 3 aliphatic rings. The molecule has 18 heavy (non-hydrogen) atoms. The molecule has 2 aliphatic carbocycles. The molecule has 0 aromatic rings. The largest absolute Gasteiger partial charge is 0.469 e. The Balaban J connectivity index is 1.85. The van der Waals surface area contributed by atoms with E-state index in [2.05, 4.69) is 0 Å². The van der Waals surface area contributed by atoms with Crippen LogP contribution in [0, 0.1) is 11.3 Å². The number of methoxy groups -OCH3 is 1. The van der Waals surface area contributed by atoms with Gasteiger partial charge in [-0.05, 0) is 25.7 Å². The number of ether oxygens (including phenoxy) is 3. The Bertz CT molecular complexity index is 327. The van der Waals surface area contributed by atoms with E-state index in [-0.39, 0.29) is 17.3 Å². The Morgan fingerprint density at radius 3 is 2.44 bits per heavy atom. The van der Waals surface area contributed by atoms with Crippen molar-refractivity contribution >= 4 is 5.97 Å². The maximum Gasteiger partial charge on any atom is 0.308 e. The molecule has 4 heteroatoms. The predicted octanol–water partition coefficient (Wildman–Crippen LogP) is 2.26. The molecule has 0 N–H and O–H groups in total. The van der Waals surface area contributed by atoms with Gasteiger partial charge in [-0.1, -0.05) is 12.8 Å². The average Bonchev–Trinajstić information content (AvgIpc) is 3.03. The predicted molar refractivity (Wildman–Crippen MR) is 64.9 cm³/mol. The van der Waals surface area contributed by atoms with Crippen LogP contribution in [0.3, 0.4) is 0 Å². The number of esters is 1. The van der Waals surface area contributed by atoms with E-state index in [1.54, 1.807) is 0 Å². The van der Waals surface area contributed by atoms with Gasteiger partial charge in [0, 0.05) is 11.8 Å². The van der Waals surface area contributed by atoms with E-state index in [1.165, 1.54) is 20.0 Å². The van der Waals surface area contributed by atoms with Crippen LogP contribution < -0.4 is 0 Å². The fraction of sp³-hybridized carbons (Fsp3) is 0.929. The van der Waals surface area contributed by atoms with E-state index in [1.807, 2.05) is 0 Å². The number of hydrogen-bond donors (Lipinski definition) is 0. The van der Waals surface area contributed by atoms with Gasteiger partial charge < -0.3 is 14.2 Å². The molecule has 4 nitrogen and oxygen atoms in total. The molecule has 1 heterocycles. The first-order valence-corrected chi connectivity index (χ1v) is 7.07. The van der Waals surface area contributed by atoms with E-state index < -0.39 is 5.79 Å². The van der Waals surface area contributed by atoms with Crippen molar-refractivity contribution in [3.63, 3.8) is 0 Å². The lowest BCUT2D eigenvalue weighted by atomic mass is 9.64. The van der Waals surface area contributed by atoms with Crippen molar-refractivity contribution < 1.29 is 19.0 Å². The van der Waals surface area contributed by atoms with Crippen molar-refractivity contribution in [3.8, 4) is 0 Å². The molecule has 1 saturated heterocycles. The SMILES string of the molecule is COC(=O)C1CCC2(OCCO2)C2(CCCC2)C1. The van der Waals surface area contributed by atoms with Crippen molar-refractivity contribution in [3.05, 3.63) is 0 Å². The Morgan fingerprint density at radius 1 is 1.17 bits per heavy atom. The van der Waals surface area contributed by atoms with Gasteiger partial charge in [-0.2, -0.15) is 0 Å². The summed E-state index contributed by atoms with van der Waals surface area (Å²) in [7, 11) is 1.48. The molecule has 2 saturated carbocycles. The highest BCUT2D eigenvalue weighted by Crippen LogP contribution is 2.59. The van der Waals surface area contributed by atoms with Crippen molar-refractivity contribution in [2.45, 2.75) is 50.7 Å². The second-order valence-electron chi connectivity index (χ2n) is 5.90. The molecule has 1 unspecified atom stereocenters. The van der Waals surface area contributed by atoms with Crippen LogP contribution in [0.25, 0.3) is 0 Å². The van der Waals surface area contributed by atoms with Gasteiger partial charge in [0.2, 0.25) is 0 Å². The zero-order chi connectivity index (χ0) is 12.6. The van der Waals surface area contributed by atoms with Crippen molar-refractivity contribution in [1.82, 2.24) is 0 Å². The molecule has 0 radical (unpaired) electrons. The molecule has 3 rings (SSSR count). The van der Waals surface area contributed by atoms with Crippen molar-refractivity contribution in [2.75, 3.05) is 20.3 Å². The summed E-state index contributed by atoms with van der Waals surface area (Å²) in [6, 6.07) is 0. The summed E-state index contributed by atoms with van der Waals surface area (Å²) in [5.41, 5.74) is 0.0562. The summed E-state index contributed by atoms with van der Waals surface area (Å²) in [6.07, 6.45) is 7.24. The molecule has 0 aromatic heterocycles. The fourth-order valence-corrected chi connectivity index (χ4v) is 4.27. The lowest BCUT2D eigenvalue weighted by Gasteiger charge is -2.49. The normalized spacial score (nSPS) is 33.1. The molecule has 0 amide bonds. The molecule has 1 aliphatic heterocycles. The summed E-state index contributed by atoms with van der Waals surface area (Å²) in [5, 5.41) is 0. The van der Waals surface area contributed by atoms with Gasteiger partial charge in [-0.15, -0.1) is 0 Å². The van der Waals surface area contributed by atoms with Gasteiger partial charge in [-0.3, -0.25) is 4.79 Å². The van der Waals surface area contributed by atoms with E-state index in [0.717, 1.165) is 32.1 Å². The van der Waals surface area contributed by atoms with E-state index >= 15 is 0 Å². The average molecular weight is 254 g/mol. The Kier molecular flexibility index (Phi) is 3.10. The van der Waals surface area contributed by atoms with Crippen LogP contribution in [0.5, 0.6) is 0 Å². The second-order valence-corrected chi connectivity index (χ2v) is 5.90. The molecular weight excluding hydrogens is 232 g/mol. The third-order valence-corrected chi connectivity index (χ3v) is 5.12. The highest BCUT2D eigenvalue weighted by Gasteiger charge is 2.60. The highest BCUT2D eigenvalue weighted by atomic mass is 16.7. The third-order valence-electron chi connectivity index (χ3n) is 5.12. The minimum absolute atomic E-state index is 0.0338. The zero-order valence-electron chi connectivity index (χ0n) is 11.1. The first kappa shape index (κ1) is 12.4. The van der Waals surface area contributed by atoms with E-state index in [4.69, 9.17) is 14.2 Å². The van der Waals surface area contributed by atoms with Crippen LogP contribution >= 0.6 is 0 Å². The standard InChI is InChI=1S/C14H22O4/c1-16-12(15)11-4-7-14(17-8-9-18-14)13(10-11)5-2-3-6-13/h11H,2-10H2,1H3. The molecule has 102 valence electrons. The number of fused-ring (bicyclic) bond motifs is 1. The van der Waals surface area contributed by atoms with Gasteiger partial charge in [0.1, 0.15) is 0 Å². The zero-order valence-corrected chi connectivity index (χ0v) is 11.1. The van der Waals surface area contributed by atoms with Crippen LogP contribution in [0.4, 0.5) is 0 Å². The van der Waals surface area contributed by atoms with Gasteiger partial charge in [0.15, 0.2) is 5.79 Å². The van der Waals surface area contributed by atoms with E-state index in [9.17, 15) is 4.79 Å². The maximum absolute atomic E-state index is 11.8. The number of hydrogen-bond acceptors (Lipinski definition) is 4. The minimum atomic E-state index is -0.395. The number of carbonyl (C=O) groups excluding carboxylic acids is 1. The molecule has 3 fully saturated rings. The fourth-order valence-electron chi connectivity index (χ4n) is 4.27. The van der Waals surface area contributed by atoms with Gasteiger partial charge >= 0.3 is 5.97 Å². The minimum Gasteiger partial charge on any atom is -0.469 e. The molecule has 2 spiro atoms. The summed E-state index contributed by atoms with van der Waals surface area (Å²) >= 11 is 0. The Labute approximate surface area is 108 Å². The molecular formula is C14H22O4. The monoisotopic (exact) mass is 254 g/mol. The van der Waals surface area contributed by atoms with Crippen LogP contribution in [0.1, 0.15) is 44.9 Å². The lowest BCUT2D eigenvalue weighted by molar-refractivity contribution is -0.261. The van der Waals surface area contributed by atoms with Gasteiger partial charge in [0.25, 0.3) is 0 Å². The van der Waals surface area contributed by atoms with Crippen LogP contribution in [0.15, 0.2) is 0 Å². The smallest absolute Gasteiger partial charge is 0.308 e. The van der Waals surface area contributed by atoms with Crippen molar-refractivity contribution in [1.29, 1.82) is 0 Å². The number of carbonyl (C=O) groups is 1. The maximum atomic E-state index is 11.8. The van der Waals surface area contributed by atoms with E-state index in [0.29, 0.717) is 13.2 Å². The lowest BCUT2D eigenvalue weighted by Crippen LogP contribution is -2.53. The molecule has 0 aromatic carbocycles. The summed E-state index contributed by atoms with van der Waals surface area (Å²) in [6.45, 7) is 1.40. The summed E-state index contributed by atoms with van der Waals surface area (Å²) < 4.78 is 16.9. The van der Waals surface area contributed by atoms with Gasteiger partial charge in [0.05, 0.1) is 26.2 Å². The molecule has 0 bridgehead atoms. The topological polar surface area (TPSA) is 44.8 Å². The quantitative estimate of drug-likeness (QED) is 0.673. The summed E-state index contributed by atoms with van der Waals surface area (Å²) in [5.74, 6) is -0.422.